The molecule has 34 heavy (non-hydrogen) atoms. The van der Waals surface area contributed by atoms with Crippen molar-refractivity contribution in [3.8, 4) is 10.4 Å². The van der Waals surface area contributed by atoms with E-state index in [1.165, 1.54) is 42.9 Å². The van der Waals surface area contributed by atoms with Gasteiger partial charge in [0.1, 0.15) is 11.4 Å². The Kier molecular flexibility index (Phi) is 6.73. The third-order valence-corrected chi connectivity index (χ3v) is 6.12. The highest BCUT2D eigenvalue weighted by atomic mass is 32.1. The highest BCUT2D eigenvalue weighted by Crippen LogP contribution is 2.35. The number of fused-ring (bicyclic) bond motifs is 1. The van der Waals surface area contributed by atoms with Crippen molar-refractivity contribution in [2.24, 2.45) is 0 Å². The van der Waals surface area contributed by atoms with Crippen molar-refractivity contribution in [2.45, 2.75) is 19.0 Å². The molecule has 176 valence electrons. The highest BCUT2D eigenvalue weighted by Gasteiger charge is 2.31. The smallest absolute Gasteiger partial charge is 0.361 e. The maximum absolute atomic E-state index is 13.6. The molecule has 0 aliphatic heterocycles. The minimum Gasteiger partial charge on any atom is -0.361 e. The van der Waals surface area contributed by atoms with Crippen LogP contribution < -0.4 is 10.6 Å². The molecule has 0 spiro atoms. The number of halogens is 4. The zero-order valence-corrected chi connectivity index (χ0v) is 18.7. The summed E-state index contributed by atoms with van der Waals surface area (Å²) in [5, 5.41) is 7.69. The number of benzene rings is 1. The Morgan fingerprint density at radius 1 is 1.06 bits per heavy atom. The Balaban J connectivity index is 1.46. The fourth-order valence-electron chi connectivity index (χ4n) is 3.35. The van der Waals surface area contributed by atoms with Crippen molar-refractivity contribution >= 4 is 33.1 Å². The van der Waals surface area contributed by atoms with Gasteiger partial charge >= 0.3 is 6.18 Å². The van der Waals surface area contributed by atoms with Crippen LogP contribution in [0.25, 0.3) is 21.2 Å². The van der Waals surface area contributed by atoms with Crippen LogP contribution in [0, 0.1) is 5.95 Å². The fourth-order valence-corrected chi connectivity index (χ4v) is 4.33. The number of nitrogens with zero attached hydrogens (tertiary/aromatic N) is 3. The van der Waals surface area contributed by atoms with Gasteiger partial charge in [-0.2, -0.15) is 17.6 Å². The summed E-state index contributed by atoms with van der Waals surface area (Å²) in [7, 11) is 1.51. The summed E-state index contributed by atoms with van der Waals surface area (Å²) in [6.45, 7) is 0.496. The minimum absolute atomic E-state index is 0.246. The maximum atomic E-state index is 13.6. The Bertz CT molecular complexity index is 1320. The van der Waals surface area contributed by atoms with Gasteiger partial charge in [-0.1, -0.05) is 29.5 Å². The van der Waals surface area contributed by atoms with E-state index in [0.29, 0.717) is 40.3 Å². The van der Waals surface area contributed by atoms with Crippen LogP contribution in [0.5, 0.6) is 0 Å². The van der Waals surface area contributed by atoms with E-state index in [0.717, 1.165) is 17.0 Å². The van der Waals surface area contributed by atoms with Gasteiger partial charge in [0.2, 0.25) is 5.95 Å². The molecule has 2 N–H and O–H groups in total. The fraction of sp³-hybridized carbons (Fsp3) is 0.217. The zero-order chi connectivity index (χ0) is 24.3. The molecule has 6 nitrogen and oxygen atoms in total. The molecule has 0 aliphatic carbocycles. The molecule has 11 heteroatoms. The first kappa shape index (κ1) is 23.6. The van der Waals surface area contributed by atoms with E-state index in [4.69, 9.17) is 0 Å². The average molecular weight is 489 g/mol. The van der Waals surface area contributed by atoms with E-state index in [2.05, 4.69) is 25.6 Å². The van der Waals surface area contributed by atoms with Gasteiger partial charge in [0.05, 0.1) is 4.88 Å². The van der Waals surface area contributed by atoms with Gasteiger partial charge in [-0.3, -0.25) is 9.78 Å². The van der Waals surface area contributed by atoms with E-state index in [9.17, 15) is 22.4 Å². The van der Waals surface area contributed by atoms with Crippen molar-refractivity contribution in [1.29, 1.82) is 0 Å². The zero-order valence-electron chi connectivity index (χ0n) is 17.9. The van der Waals surface area contributed by atoms with Crippen molar-refractivity contribution in [1.82, 2.24) is 20.3 Å². The monoisotopic (exact) mass is 489 g/mol. The van der Waals surface area contributed by atoms with Gasteiger partial charge in [-0.05, 0) is 41.5 Å². The molecule has 0 aliphatic rings. The van der Waals surface area contributed by atoms with Crippen LogP contribution in [-0.4, -0.2) is 34.5 Å². The predicted octanol–water partition coefficient (Wildman–Crippen LogP) is 5.32. The lowest BCUT2D eigenvalue weighted by atomic mass is 10.1. The third-order valence-electron chi connectivity index (χ3n) is 5.05. The lowest BCUT2D eigenvalue weighted by molar-refractivity contribution is -0.141. The third kappa shape index (κ3) is 5.30. The number of nitrogens with one attached hydrogen (secondary N) is 2. The van der Waals surface area contributed by atoms with Gasteiger partial charge in [-0.25, -0.2) is 9.97 Å². The lowest BCUT2D eigenvalue weighted by Gasteiger charge is -2.07. The molecule has 3 aromatic heterocycles. The Morgan fingerprint density at radius 3 is 2.59 bits per heavy atom. The van der Waals surface area contributed by atoms with E-state index in [1.807, 2.05) is 6.07 Å². The second kappa shape index (κ2) is 9.72. The van der Waals surface area contributed by atoms with Crippen LogP contribution >= 0.6 is 11.3 Å². The summed E-state index contributed by atoms with van der Waals surface area (Å²) in [6.07, 6.45) is -0.629. The Hall–Kier alpha value is -3.60. The van der Waals surface area contributed by atoms with Crippen molar-refractivity contribution in [3.05, 3.63) is 71.7 Å². The number of alkyl halides is 3. The SMILES string of the molecule is CNC(=O)c1nc(NCCCc2ccc(C(F)(F)F)nc2)sc1-c1ccc2cnc(F)cc2c1. The predicted molar refractivity (Wildman–Crippen MR) is 122 cm³/mol. The first-order valence-corrected chi connectivity index (χ1v) is 11.1. The molecule has 0 atom stereocenters. The molecule has 0 fully saturated rings. The summed E-state index contributed by atoms with van der Waals surface area (Å²) < 4.78 is 51.4. The summed E-state index contributed by atoms with van der Waals surface area (Å²) in [6, 6.07) is 9.12. The number of aromatic nitrogens is 3. The molecule has 3 heterocycles. The van der Waals surface area contributed by atoms with Crippen LogP contribution in [0.1, 0.15) is 28.2 Å². The quantitative estimate of drug-likeness (QED) is 0.209. The molecular weight excluding hydrogens is 470 g/mol. The number of carbonyl (C=O) groups is 1. The molecule has 0 unspecified atom stereocenters. The van der Waals surface area contributed by atoms with Crippen LogP contribution in [0.2, 0.25) is 0 Å². The minimum atomic E-state index is -4.46. The molecule has 4 aromatic rings. The largest absolute Gasteiger partial charge is 0.433 e. The van der Waals surface area contributed by atoms with Gasteiger partial charge < -0.3 is 10.6 Å². The number of hydrogen-bond donors (Lipinski definition) is 2. The summed E-state index contributed by atoms with van der Waals surface area (Å²) in [4.78, 5) is 24.6. The molecule has 0 saturated heterocycles. The van der Waals surface area contributed by atoms with E-state index in [-0.39, 0.29) is 11.6 Å². The standard InChI is InChI=1S/C23H19F4N5OS/c1-28-21(33)19-20(14-5-6-15-12-31-18(24)10-16(15)9-14)34-22(32-19)29-8-2-3-13-4-7-17(30-11-13)23(25,26)27/h4-7,9-12H,2-3,8H2,1H3,(H,28,33)(H,29,32). The molecule has 0 saturated carbocycles. The number of hydrogen-bond acceptors (Lipinski definition) is 6. The summed E-state index contributed by atoms with van der Waals surface area (Å²) in [5.74, 6) is -0.942. The topological polar surface area (TPSA) is 79.8 Å². The molecule has 1 aromatic carbocycles. The van der Waals surface area contributed by atoms with Gasteiger partial charge in [0.15, 0.2) is 5.13 Å². The maximum Gasteiger partial charge on any atom is 0.433 e. The Labute approximate surface area is 196 Å². The van der Waals surface area contributed by atoms with Crippen molar-refractivity contribution in [3.63, 3.8) is 0 Å². The van der Waals surface area contributed by atoms with E-state index >= 15 is 0 Å². The number of thiazole rings is 1. The van der Waals surface area contributed by atoms with Gasteiger partial charge in [-0.15, -0.1) is 0 Å². The van der Waals surface area contributed by atoms with Crippen LogP contribution in [-0.2, 0) is 12.6 Å². The second-order valence-electron chi connectivity index (χ2n) is 7.42. The average Bonchev–Trinajstić information content (AvgIpc) is 3.25. The number of carbonyl (C=O) groups excluding carboxylic acids is 1. The molecule has 0 bridgehead atoms. The number of aryl methyl sites for hydroxylation is 1. The number of rotatable bonds is 7. The van der Waals surface area contributed by atoms with Gasteiger partial charge in [0, 0.05) is 37.4 Å². The first-order chi connectivity index (χ1) is 16.2. The molecule has 0 radical (unpaired) electrons. The van der Waals surface area contributed by atoms with Gasteiger partial charge in [0.25, 0.3) is 5.91 Å². The van der Waals surface area contributed by atoms with Crippen molar-refractivity contribution < 1.29 is 22.4 Å². The van der Waals surface area contributed by atoms with Crippen molar-refractivity contribution in [2.75, 3.05) is 18.9 Å². The van der Waals surface area contributed by atoms with Crippen LogP contribution in [0.15, 0.2) is 48.8 Å². The summed E-state index contributed by atoms with van der Waals surface area (Å²) >= 11 is 1.29. The first-order valence-electron chi connectivity index (χ1n) is 10.3. The highest BCUT2D eigenvalue weighted by molar-refractivity contribution is 7.19. The number of amides is 1. The number of anilines is 1. The summed E-state index contributed by atoms with van der Waals surface area (Å²) in [5.41, 5.74) is 0.742. The van der Waals surface area contributed by atoms with Crippen LogP contribution in [0.3, 0.4) is 0 Å². The number of pyridine rings is 2. The molecular formula is C23H19F4N5OS. The molecule has 1 amide bonds. The molecule has 4 rings (SSSR count). The lowest BCUT2D eigenvalue weighted by Crippen LogP contribution is -2.19. The Morgan fingerprint density at radius 2 is 1.88 bits per heavy atom. The second-order valence-corrected chi connectivity index (χ2v) is 8.42. The van der Waals surface area contributed by atoms with Crippen LogP contribution in [0.4, 0.5) is 22.7 Å². The normalized spacial score (nSPS) is 11.6. The van der Waals surface area contributed by atoms with E-state index < -0.39 is 17.8 Å². The van der Waals surface area contributed by atoms with E-state index in [1.54, 1.807) is 12.1 Å².